The van der Waals surface area contributed by atoms with E-state index in [0.29, 0.717) is 6.54 Å². The van der Waals surface area contributed by atoms with E-state index in [9.17, 15) is 9.18 Å². The number of amides is 1. The van der Waals surface area contributed by atoms with Gasteiger partial charge in [0.1, 0.15) is 0 Å². The predicted molar refractivity (Wildman–Crippen MR) is 88.6 cm³/mol. The Morgan fingerprint density at radius 1 is 1.09 bits per heavy atom. The number of rotatable bonds is 7. The van der Waals surface area contributed by atoms with Crippen molar-refractivity contribution >= 4 is 5.91 Å². The van der Waals surface area contributed by atoms with Gasteiger partial charge in [0.2, 0.25) is 5.91 Å². The topological polar surface area (TPSA) is 29.5 Å². The van der Waals surface area contributed by atoms with Crippen molar-refractivity contribution in [2.45, 2.75) is 32.9 Å². The molecule has 0 saturated heterocycles. The van der Waals surface area contributed by atoms with Crippen LogP contribution in [-0.2, 0) is 11.3 Å². The van der Waals surface area contributed by atoms with E-state index in [0.717, 1.165) is 5.56 Å². The molecule has 0 aromatic heterocycles. The van der Waals surface area contributed by atoms with Crippen molar-refractivity contribution in [3.8, 4) is 5.75 Å². The smallest absolute Gasteiger partial charge is 0.226 e. The molecule has 122 valence electrons. The summed E-state index contributed by atoms with van der Waals surface area (Å²) in [5.41, 5.74) is 1.09. The number of para-hydroxylation sites is 1. The highest BCUT2D eigenvalue weighted by Gasteiger charge is 2.17. The average Bonchev–Trinajstić information content (AvgIpc) is 2.55. The first-order valence-corrected chi connectivity index (χ1v) is 7.78. The molecule has 0 radical (unpaired) electrons. The standard InChI is InChI=1S/C19H22FNO2/c1-15(2)21(14-16-8-4-3-5-9-16)19(22)12-13-23-18-11-7-6-10-17(18)20/h3-11,15H,12-14H2,1-2H3. The number of benzene rings is 2. The second-order valence-corrected chi connectivity index (χ2v) is 5.63. The van der Waals surface area contributed by atoms with Gasteiger partial charge in [-0.1, -0.05) is 42.5 Å². The van der Waals surface area contributed by atoms with Gasteiger partial charge in [0.05, 0.1) is 13.0 Å². The van der Waals surface area contributed by atoms with Gasteiger partial charge in [-0.15, -0.1) is 0 Å². The monoisotopic (exact) mass is 315 g/mol. The second kappa shape index (κ2) is 8.32. The highest BCUT2D eigenvalue weighted by atomic mass is 19.1. The molecule has 0 saturated carbocycles. The van der Waals surface area contributed by atoms with Crippen LogP contribution in [0.25, 0.3) is 0 Å². The molecular formula is C19H22FNO2. The van der Waals surface area contributed by atoms with E-state index in [4.69, 9.17) is 4.74 Å². The first-order valence-electron chi connectivity index (χ1n) is 7.78. The highest BCUT2D eigenvalue weighted by Crippen LogP contribution is 2.16. The van der Waals surface area contributed by atoms with Crippen LogP contribution in [0, 0.1) is 5.82 Å². The van der Waals surface area contributed by atoms with Crippen molar-refractivity contribution < 1.29 is 13.9 Å². The minimum atomic E-state index is -0.412. The molecule has 0 aliphatic rings. The van der Waals surface area contributed by atoms with Gasteiger partial charge in [-0.2, -0.15) is 0 Å². The zero-order valence-electron chi connectivity index (χ0n) is 13.5. The maximum atomic E-state index is 13.5. The lowest BCUT2D eigenvalue weighted by Crippen LogP contribution is -2.37. The molecule has 0 bridgehead atoms. The molecule has 0 spiro atoms. The number of halogens is 1. The molecule has 0 aliphatic heterocycles. The summed E-state index contributed by atoms with van der Waals surface area (Å²) < 4.78 is 18.8. The molecule has 1 amide bonds. The number of nitrogens with zero attached hydrogens (tertiary/aromatic N) is 1. The zero-order valence-corrected chi connectivity index (χ0v) is 13.5. The molecule has 4 heteroatoms. The first kappa shape index (κ1) is 17.0. The Hall–Kier alpha value is -2.36. The van der Waals surface area contributed by atoms with Crippen LogP contribution in [0.2, 0.25) is 0 Å². The van der Waals surface area contributed by atoms with E-state index in [1.165, 1.54) is 6.07 Å². The molecule has 0 unspecified atom stereocenters. The Labute approximate surface area is 136 Å². The maximum absolute atomic E-state index is 13.5. The fraction of sp³-hybridized carbons (Fsp3) is 0.316. The van der Waals surface area contributed by atoms with Crippen molar-refractivity contribution in [1.82, 2.24) is 4.90 Å². The maximum Gasteiger partial charge on any atom is 0.226 e. The number of ether oxygens (including phenoxy) is 1. The van der Waals surface area contributed by atoms with Crippen molar-refractivity contribution in [3.63, 3.8) is 0 Å². The van der Waals surface area contributed by atoms with E-state index >= 15 is 0 Å². The normalized spacial score (nSPS) is 10.6. The molecule has 2 rings (SSSR count). The van der Waals surface area contributed by atoms with Gasteiger partial charge in [-0.3, -0.25) is 4.79 Å². The van der Waals surface area contributed by atoms with Gasteiger partial charge < -0.3 is 9.64 Å². The Kier molecular flexibility index (Phi) is 6.15. The summed E-state index contributed by atoms with van der Waals surface area (Å²) in [5, 5.41) is 0. The zero-order chi connectivity index (χ0) is 16.7. The molecule has 2 aromatic carbocycles. The Morgan fingerprint density at radius 2 is 1.74 bits per heavy atom. The third-order valence-electron chi connectivity index (χ3n) is 3.55. The SMILES string of the molecule is CC(C)N(Cc1ccccc1)C(=O)CCOc1ccccc1F. The lowest BCUT2D eigenvalue weighted by atomic mass is 10.2. The minimum absolute atomic E-state index is 0.000178. The second-order valence-electron chi connectivity index (χ2n) is 5.63. The molecule has 0 heterocycles. The lowest BCUT2D eigenvalue weighted by Gasteiger charge is -2.27. The minimum Gasteiger partial charge on any atom is -0.490 e. The average molecular weight is 315 g/mol. The van der Waals surface area contributed by atoms with E-state index in [-0.39, 0.29) is 30.7 Å². The number of carbonyl (C=O) groups excluding carboxylic acids is 1. The third-order valence-corrected chi connectivity index (χ3v) is 3.55. The van der Waals surface area contributed by atoms with Crippen LogP contribution in [0.4, 0.5) is 4.39 Å². The van der Waals surface area contributed by atoms with E-state index in [1.807, 2.05) is 44.2 Å². The highest BCUT2D eigenvalue weighted by molar-refractivity contribution is 5.76. The summed E-state index contributed by atoms with van der Waals surface area (Å²) in [5.74, 6) is -0.232. The van der Waals surface area contributed by atoms with Gasteiger partial charge in [-0.05, 0) is 31.5 Å². The molecular weight excluding hydrogens is 293 g/mol. The largest absolute Gasteiger partial charge is 0.490 e. The molecule has 0 atom stereocenters. The van der Waals surface area contributed by atoms with Gasteiger partial charge in [0.25, 0.3) is 0 Å². The quantitative estimate of drug-likeness (QED) is 0.772. The fourth-order valence-electron chi connectivity index (χ4n) is 2.29. The summed E-state index contributed by atoms with van der Waals surface area (Å²) in [4.78, 5) is 14.2. The van der Waals surface area contributed by atoms with Gasteiger partial charge in [0, 0.05) is 12.6 Å². The van der Waals surface area contributed by atoms with Crippen LogP contribution in [0.5, 0.6) is 5.75 Å². The van der Waals surface area contributed by atoms with Gasteiger partial charge >= 0.3 is 0 Å². The Balaban J connectivity index is 1.90. The molecule has 0 N–H and O–H groups in total. The van der Waals surface area contributed by atoms with E-state index in [2.05, 4.69) is 0 Å². The predicted octanol–water partition coefficient (Wildman–Crippen LogP) is 4.03. The molecule has 3 nitrogen and oxygen atoms in total. The number of carbonyl (C=O) groups is 1. The lowest BCUT2D eigenvalue weighted by molar-refractivity contribution is -0.134. The van der Waals surface area contributed by atoms with E-state index in [1.54, 1.807) is 23.1 Å². The van der Waals surface area contributed by atoms with Crippen LogP contribution in [0.1, 0.15) is 25.8 Å². The summed E-state index contributed by atoms with van der Waals surface area (Å²) in [6.45, 7) is 4.70. The summed E-state index contributed by atoms with van der Waals surface area (Å²) in [7, 11) is 0. The summed E-state index contributed by atoms with van der Waals surface area (Å²) in [6.07, 6.45) is 0.222. The molecule has 23 heavy (non-hydrogen) atoms. The summed E-state index contributed by atoms with van der Waals surface area (Å²) >= 11 is 0. The summed E-state index contributed by atoms with van der Waals surface area (Å²) in [6, 6.07) is 16.2. The van der Waals surface area contributed by atoms with Crippen molar-refractivity contribution in [2.75, 3.05) is 6.61 Å². The van der Waals surface area contributed by atoms with Crippen LogP contribution in [0.3, 0.4) is 0 Å². The Morgan fingerprint density at radius 3 is 2.39 bits per heavy atom. The van der Waals surface area contributed by atoms with Crippen LogP contribution >= 0.6 is 0 Å². The van der Waals surface area contributed by atoms with Crippen LogP contribution in [-0.4, -0.2) is 23.5 Å². The molecule has 2 aromatic rings. The van der Waals surface area contributed by atoms with Crippen LogP contribution in [0.15, 0.2) is 54.6 Å². The van der Waals surface area contributed by atoms with Gasteiger partial charge in [0.15, 0.2) is 11.6 Å². The molecule has 0 fully saturated rings. The fourth-order valence-corrected chi connectivity index (χ4v) is 2.29. The first-order chi connectivity index (χ1) is 11.1. The van der Waals surface area contributed by atoms with E-state index < -0.39 is 5.82 Å². The number of hydrogen-bond acceptors (Lipinski definition) is 2. The Bertz CT molecular complexity index is 628. The number of hydrogen-bond donors (Lipinski definition) is 0. The van der Waals surface area contributed by atoms with Crippen molar-refractivity contribution in [2.24, 2.45) is 0 Å². The van der Waals surface area contributed by atoms with Crippen molar-refractivity contribution in [3.05, 3.63) is 66.0 Å². The third kappa shape index (κ3) is 5.09. The van der Waals surface area contributed by atoms with Crippen molar-refractivity contribution in [1.29, 1.82) is 0 Å². The van der Waals surface area contributed by atoms with Gasteiger partial charge in [-0.25, -0.2) is 4.39 Å². The van der Waals surface area contributed by atoms with Crippen LogP contribution < -0.4 is 4.74 Å². The molecule has 0 aliphatic carbocycles.